The number of nitrogens with zero attached hydrogens (tertiary/aromatic N) is 1. The maximum absolute atomic E-state index is 13.5. The predicted octanol–water partition coefficient (Wildman–Crippen LogP) is 1.52. The number of hydrogen-bond acceptors (Lipinski definition) is 6. The molecule has 6 amide bonds. The van der Waals surface area contributed by atoms with Crippen LogP contribution in [0.1, 0.15) is 33.1 Å². The summed E-state index contributed by atoms with van der Waals surface area (Å²) in [4.78, 5) is 60.5. The lowest BCUT2D eigenvalue weighted by Gasteiger charge is -2.21. The van der Waals surface area contributed by atoms with Crippen LogP contribution in [-0.4, -0.2) is 53.4 Å². The number of esters is 1. The van der Waals surface area contributed by atoms with Crippen molar-refractivity contribution in [1.29, 1.82) is 0 Å². The third kappa shape index (κ3) is 5.75. The van der Waals surface area contributed by atoms with Crippen LogP contribution in [0.3, 0.4) is 0 Å². The fourth-order valence-electron chi connectivity index (χ4n) is 2.79. The maximum Gasteiger partial charge on any atom is 0.326 e. The van der Waals surface area contributed by atoms with Gasteiger partial charge in [0.1, 0.15) is 17.9 Å². The summed E-state index contributed by atoms with van der Waals surface area (Å²) in [5.41, 5.74) is -1.22. The molecule has 30 heavy (non-hydrogen) atoms. The molecule has 1 saturated heterocycles. The standard InChI is InChI=1S/C19H23FN4O6/c1-3-4-9-19(2)16(27)24(18(29)23-19)10-15(26)30-11-14(25)22-17(28)21-13-8-6-5-7-12(13)20/h5-8H,3-4,9-11H2,1-2H3,(H,23,29)(H2,21,22,25,28)/t19-/m0/s1. The molecule has 1 fully saturated rings. The molecule has 1 aromatic rings. The third-order valence-electron chi connectivity index (χ3n) is 4.40. The van der Waals surface area contributed by atoms with E-state index >= 15 is 0 Å². The van der Waals surface area contributed by atoms with Gasteiger partial charge in [0, 0.05) is 0 Å². The second-order valence-corrected chi connectivity index (χ2v) is 6.90. The number of urea groups is 2. The summed E-state index contributed by atoms with van der Waals surface area (Å²) >= 11 is 0. The predicted molar refractivity (Wildman–Crippen MR) is 103 cm³/mol. The van der Waals surface area contributed by atoms with E-state index < -0.39 is 54.4 Å². The minimum atomic E-state index is -1.09. The van der Waals surface area contributed by atoms with Crippen molar-refractivity contribution >= 4 is 35.5 Å². The zero-order chi connectivity index (χ0) is 22.3. The monoisotopic (exact) mass is 422 g/mol. The Morgan fingerprint density at radius 3 is 2.60 bits per heavy atom. The Morgan fingerprint density at radius 1 is 1.23 bits per heavy atom. The Balaban J connectivity index is 1.79. The summed E-state index contributed by atoms with van der Waals surface area (Å²) in [6, 6.07) is 3.62. The minimum Gasteiger partial charge on any atom is -0.454 e. The Labute approximate surface area is 172 Å². The normalized spacial score (nSPS) is 18.0. The number of rotatable bonds is 8. The van der Waals surface area contributed by atoms with Gasteiger partial charge in [-0.1, -0.05) is 31.9 Å². The largest absolute Gasteiger partial charge is 0.454 e. The topological polar surface area (TPSA) is 134 Å². The molecular weight excluding hydrogens is 399 g/mol. The van der Waals surface area contributed by atoms with Gasteiger partial charge in [-0.05, 0) is 25.5 Å². The lowest BCUT2D eigenvalue weighted by molar-refractivity contribution is -0.150. The van der Waals surface area contributed by atoms with Gasteiger partial charge in [0.15, 0.2) is 6.61 Å². The van der Waals surface area contributed by atoms with Crippen molar-refractivity contribution in [3.05, 3.63) is 30.1 Å². The number of amides is 6. The van der Waals surface area contributed by atoms with Crippen LogP contribution >= 0.6 is 0 Å². The first kappa shape index (κ1) is 22.8. The third-order valence-corrected chi connectivity index (χ3v) is 4.40. The van der Waals surface area contributed by atoms with Crippen LogP contribution in [0.4, 0.5) is 19.7 Å². The van der Waals surface area contributed by atoms with Gasteiger partial charge in [-0.2, -0.15) is 0 Å². The molecule has 10 nitrogen and oxygen atoms in total. The molecule has 0 unspecified atom stereocenters. The molecule has 0 aromatic heterocycles. The molecule has 1 aliphatic rings. The van der Waals surface area contributed by atoms with Crippen LogP contribution in [-0.2, 0) is 19.1 Å². The van der Waals surface area contributed by atoms with Crippen molar-refractivity contribution in [3.8, 4) is 0 Å². The number of halogens is 1. The van der Waals surface area contributed by atoms with Crippen LogP contribution in [0, 0.1) is 5.82 Å². The van der Waals surface area contributed by atoms with Crippen molar-refractivity contribution in [2.75, 3.05) is 18.5 Å². The van der Waals surface area contributed by atoms with Crippen molar-refractivity contribution < 1.29 is 33.1 Å². The molecule has 0 bridgehead atoms. The van der Waals surface area contributed by atoms with Gasteiger partial charge in [0.25, 0.3) is 11.8 Å². The van der Waals surface area contributed by atoms with Gasteiger partial charge in [-0.25, -0.2) is 14.0 Å². The van der Waals surface area contributed by atoms with Gasteiger partial charge in [-0.3, -0.25) is 24.6 Å². The number of benzene rings is 1. The molecule has 3 N–H and O–H groups in total. The van der Waals surface area contributed by atoms with Crippen LogP contribution in [0.15, 0.2) is 24.3 Å². The number of unbranched alkanes of at least 4 members (excludes halogenated alkanes) is 1. The molecular formula is C19H23FN4O6. The molecule has 0 aliphatic carbocycles. The maximum atomic E-state index is 13.5. The van der Waals surface area contributed by atoms with Gasteiger partial charge in [0.2, 0.25) is 0 Å². The van der Waals surface area contributed by atoms with Crippen LogP contribution in [0.5, 0.6) is 0 Å². The summed E-state index contributed by atoms with van der Waals surface area (Å²) in [6.07, 6.45) is 1.98. The van der Waals surface area contributed by atoms with Crippen molar-refractivity contribution in [1.82, 2.24) is 15.5 Å². The SMILES string of the molecule is CCCC[C@]1(C)NC(=O)N(CC(=O)OCC(=O)NC(=O)Nc2ccccc2F)C1=O. The van der Waals surface area contributed by atoms with Gasteiger partial charge in [0.05, 0.1) is 5.69 Å². The van der Waals surface area contributed by atoms with Gasteiger partial charge >= 0.3 is 18.0 Å². The lowest BCUT2D eigenvalue weighted by Crippen LogP contribution is -2.44. The molecule has 162 valence electrons. The first-order chi connectivity index (χ1) is 14.2. The molecule has 1 aliphatic heterocycles. The van der Waals surface area contributed by atoms with E-state index in [0.717, 1.165) is 23.8 Å². The number of para-hydroxylation sites is 1. The first-order valence-corrected chi connectivity index (χ1v) is 9.31. The quantitative estimate of drug-likeness (QED) is 0.430. The highest BCUT2D eigenvalue weighted by Gasteiger charge is 2.47. The van der Waals surface area contributed by atoms with E-state index in [1.165, 1.54) is 18.2 Å². The molecule has 0 saturated carbocycles. The molecule has 0 spiro atoms. The molecule has 11 heteroatoms. The number of ether oxygens (including phenoxy) is 1. The highest BCUT2D eigenvalue weighted by molar-refractivity contribution is 6.08. The fourth-order valence-corrected chi connectivity index (χ4v) is 2.79. The zero-order valence-electron chi connectivity index (χ0n) is 16.6. The molecule has 2 rings (SSSR count). The fraction of sp³-hybridized carbons (Fsp3) is 0.421. The van der Waals surface area contributed by atoms with E-state index in [9.17, 15) is 28.4 Å². The summed E-state index contributed by atoms with van der Waals surface area (Å²) in [6.45, 7) is 2.04. The van der Waals surface area contributed by atoms with E-state index in [1.54, 1.807) is 6.92 Å². The number of anilines is 1. The average molecular weight is 422 g/mol. The van der Waals surface area contributed by atoms with E-state index in [1.807, 2.05) is 12.2 Å². The first-order valence-electron chi connectivity index (χ1n) is 9.31. The second-order valence-electron chi connectivity index (χ2n) is 6.90. The summed E-state index contributed by atoms with van der Waals surface area (Å²) < 4.78 is 18.2. The number of nitrogens with one attached hydrogen (secondary N) is 3. The average Bonchev–Trinajstić information content (AvgIpc) is 2.90. The van der Waals surface area contributed by atoms with Gasteiger partial charge < -0.3 is 15.4 Å². The van der Waals surface area contributed by atoms with Crippen molar-refractivity contribution in [2.45, 2.75) is 38.6 Å². The van der Waals surface area contributed by atoms with Crippen molar-refractivity contribution in [3.63, 3.8) is 0 Å². The number of hydrogen-bond donors (Lipinski definition) is 3. The number of imide groups is 2. The van der Waals surface area contributed by atoms with E-state index in [4.69, 9.17) is 4.74 Å². The highest BCUT2D eigenvalue weighted by Crippen LogP contribution is 2.23. The minimum absolute atomic E-state index is 0.135. The Kier molecular flexibility index (Phi) is 7.45. The molecule has 0 radical (unpaired) electrons. The van der Waals surface area contributed by atoms with E-state index in [-0.39, 0.29) is 5.69 Å². The molecule has 1 aromatic carbocycles. The van der Waals surface area contributed by atoms with Crippen LogP contribution < -0.4 is 16.0 Å². The second kappa shape index (κ2) is 9.81. The van der Waals surface area contributed by atoms with E-state index in [2.05, 4.69) is 10.6 Å². The Morgan fingerprint density at radius 2 is 1.93 bits per heavy atom. The van der Waals surface area contributed by atoms with Crippen molar-refractivity contribution in [2.24, 2.45) is 0 Å². The molecule has 1 heterocycles. The molecule has 1 atom stereocenters. The van der Waals surface area contributed by atoms with Gasteiger partial charge in [-0.15, -0.1) is 0 Å². The Hall–Kier alpha value is -3.50. The van der Waals surface area contributed by atoms with E-state index in [0.29, 0.717) is 6.42 Å². The number of carbonyl (C=O) groups is 5. The van der Waals surface area contributed by atoms with Crippen LogP contribution in [0.2, 0.25) is 0 Å². The zero-order valence-corrected chi connectivity index (χ0v) is 16.6. The highest BCUT2D eigenvalue weighted by atomic mass is 19.1. The summed E-state index contributed by atoms with van der Waals surface area (Å²) in [7, 11) is 0. The Bertz CT molecular complexity index is 861. The summed E-state index contributed by atoms with van der Waals surface area (Å²) in [5, 5.41) is 6.55. The smallest absolute Gasteiger partial charge is 0.326 e. The van der Waals surface area contributed by atoms with Crippen LogP contribution in [0.25, 0.3) is 0 Å². The number of carbonyl (C=O) groups excluding carboxylic acids is 5. The summed E-state index contributed by atoms with van der Waals surface area (Å²) in [5.74, 6) is -3.21. The lowest BCUT2D eigenvalue weighted by atomic mass is 9.95.